The van der Waals surface area contributed by atoms with E-state index in [2.05, 4.69) is 26.7 Å². The summed E-state index contributed by atoms with van der Waals surface area (Å²) in [5.41, 5.74) is 3.37. The number of para-hydroxylation sites is 1. The van der Waals surface area contributed by atoms with E-state index in [1.807, 2.05) is 24.3 Å². The van der Waals surface area contributed by atoms with Gasteiger partial charge in [-0.3, -0.25) is 4.98 Å². The van der Waals surface area contributed by atoms with Gasteiger partial charge in [0.15, 0.2) is 5.13 Å². The van der Waals surface area contributed by atoms with Crippen LogP contribution >= 0.6 is 11.3 Å². The molecule has 0 unspecified atom stereocenters. The zero-order valence-corrected chi connectivity index (χ0v) is 12.0. The molecular formula is C16H12N4S. The number of fused-ring (bicyclic) bond motifs is 1. The van der Waals surface area contributed by atoms with Gasteiger partial charge in [-0.1, -0.05) is 18.2 Å². The minimum atomic E-state index is 0.539. The number of rotatable bonds is 3. The number of hydrogen-bond donors (Lipinski definition) is 1. The largest absolute Gasteiger partial charge is 0.330 e. The lowest BCUT2D eigenvalue weighted by molar-refractivity contribution is 1.05. The van der Waals surface area contributed by atoms with Crippen LogP contribution < -0.4 is 5.32 Å². The second-order valence-corrected chi connectivity index (χ2v) is 6.01. The quantitative estimate of drug-likeness (QED) is 0.786. The van der Waals surface area contributed by atoms with Crippen LogP contribution in [-0.4, -0.2) is 9.97 Å². The van der Waals surface area contributed by atoms with E-state index in [-0.39, 0.29) is 0 Å². The molecule has 1 saturated carbocycles. The first-order valence-corrected chi connectivity index (χ1v) is 7.73. The molecule has 0 saturated heterocycles. The molecule has 0 aliphatic heterocycles. The van der Waals surface area contributed by atoms with Crippen molar-refractivity contribution in [1.29, 1.82) is 5.26 Å². The highest BCUT2D eigenvalue weighted by atomic mass is 32.1. The van der Waals surface area contributed by atoms with E-state index in [0.29, 0.717) is 11.5 Å². The van der Waals surface area contributed by atoms with Gasteiger partial charge in [-0.25, -0.2) is 4.98 Å². The lowest BCUT2D eigenvalue weighted by Crippen LogP contribution is -1.96. The summed E-state index contributed by atoms with van der Waals surface area (Å²) < 4.78 is 0. The van der Waals surface area contributed by atoms with E-state index in [9.17, 15) is 5.26 Å². The molecule has 2 aromatic heterocycles. The van der Waals surface area contributed by atoms with Gasteiger partial charge in [-0.05, 0) is 18.9 Å². The van der Waals surface area contributed by atoms with Crippen LogP contribution in [0.5, 0.6) is 0 Å². The highest BCUT2D eigenvalue weighted by molar-refractivity contribution is 7.13. The van der Waals surface area contributed by atoms with Gasteiger partial charge in [0.2, 0.25) is 0 Å². The fourth-order valence-electron chi connectivity index (χ4n) is 2.38. The molecule has 0 amide bonds. The summed E-state index contributed by atoms with van der Waals surface area (Å²) in [4.78, 5) is 8.95. The fraction of sp³-hybridized carbons (Fsp3) is 0.188. The molecule has 0 radical (unpaired) electrons. The van der Waals surface area contributed by atoms with Crippen molar-refractivity contribution < 1.29 is 0 Å². The minimum absolute atomic E-state index is 0.539. The molecule has 4 rings (SSSR count). The van der Waals surface area contributed by atoms with E-state index in [4.69, 9.17) is 0 Å². The second-order valence-electron chi connectivity index (χ2n) is 5.15. The van der Waals surface area contributed by atoms with E-state index in [1.54, 1.807) is 17.5 Å². The second kappa shape index (κ2) is 4.83. The van der Waals surface area contributed by atoms with Gasteiger partial charge < -0.3 is 5.32 Å². The molecule has 102 valence electrons. The Labute approximate surface area is 126 Å². The maximum absolute atomic E-state index is 9.31. The Morgan fingerprint density at radius 2 is 2.14 bits per heavy atom. The average Bonchev–Trinajstić information content (AvgIpc) is 3.28. The van der Waals surface area contributed by atoms with Crippen LogP contribution in [0, 0.1) is 11.3 Å². The summed E-state index contributed by atoms with van der Waals surface area (Å²) >= 11 is 1.59. The number of hydrogen-bond acceptors (Lipinski definition) is 5. The van der Waals surface area contributed by atoms with E-state index < -0.39 is 0 Å². The molecule has 2 heterocycles. The third-order valence-corrected chi connectivity index (χ3v) is 4.42. The van der Waals surface area contributed by atoms with Crippen LogP contribution in [0.1, 0.15) is 30.0 Å². The van der Waals surface area contributed by atoms with Crippen LogP contribution in [0.3, 0.4) is 0 Å². The molecule has 0 spiro atoms. The van der Waals surface area contributed by atoms with E-state index >= 15 is 0 Å². The van der Waals surface area contributed by atoms with Crippen LogP contribution in [-0.2, 0) is 0 Å². The topological polar surface area (TPSA) is 61.6 Å². The first-order valence-electron chi connectivity index (χ1n) is 6.85. The third-order valence-electron chi connectivity index (χ3n) is 3.65. The lowest BCUT2D eigenvalue weighted by atomic mass is 10.1. The van der Waals surface area contributed by atoms with Crippen molar-refractivity contribution in [2.45, 2.75) is 18.8 Å². The lowest BCUT2D eigenvalue weighted by Gasteiger charge is -2.08. The van der Waals surface area contributed by atoms with Gasteiger partial charge in [-0.2, -0.15) is 5.26 Å². The Morgan fingerprint density at radius 1 is 1.29 bits per heavy atom. The zero-order valence-electron chi connectivity index (χ0n) is 11.2. The number of thiazole rings is 1. The number of pyridine rings is 1. The number of nitrogens with zero attached hydrogens (tertiary/aromatic N) is 3. The van der Waals surface area contributed by atoms with Crippen molar-refractivity contribution in [2.24, 2.45) is 0 Å². The normalized spacial score (nSPS) is 14.0. The summed E-state index contributed by atoms with van der Waals surface area (Å²) in [7, 11) is 0. The Hall–Kier alpha value is -2.45. The van der Waals surface area contributed by atoms with Crippen molar-refractivity contribution in [1.82, 2.24) is 9.97 Å². The molecule has 21 heavy (non-hydrogen) atoms. The SMILES string of the molecule is N#Cc1cnc2ccccc2c1Nc1nc(C2CC2)cs1. The maximum Gasteiger partial charge on any atom is 0.187 e. The number of anilines is 2. The molecule has 1 aromatic carbocycles. The summed E-state index contributed by atoms with van der Waals surface area (Å²) in [6, 6.07) is 10.0. The Morgan fingerprint density at radius 3 is 2.95 bits per heavy atom. The highest BCUT2D eigenvalue weighted by Gasteiger charge is 2.26. The van der Waals surface area contributed by atoms with E-state index in [0.717, 1.165) is 21.7 Å². The van der Waals surface area contributed by atoms with Crippen molar-refractivity contribution in [3.63, 3.8) is 0 Å². The smallest absolute Gasteiger partial charge is 0.187 e. The zero-order chi connectivity index (χ0) is 14.2. The van der Waals surface area contributed by atoms with Crippen molar-refractivity contribution in [3.05, 3.63) is 47.1 Å². The summed E-state index contributed by atoms with van der Waals surface area (Å²) in [5.74, 6) is 0.640. The molecule has 1 aliphatic carbocycles. The predicted molar refractivity (Wildman–Crippen MR) is 83.8 cm³/mol. The Bertz CT molecular complexity index is 858. The number of aromatic nitrogens is 2. The predicted octanol–water partition coefficient (Wildman–Crippen LogP) is 4.18. The van der Waals surface area contributed by atoms with Crippen LogP contribution in [0.2, 0.25) is 0 Å². The summed E-state index contributed by atoms with van der Waals surface area (Å²) in [6.07, 6.45) is 4.09. The van der Waals surface area contributed by atoms with Gasteiger partial charge >= 0.3 is 0 Å². The van der Waals surface area contributed by atoms with Gasteiger partial charge in [0.05, 0.1) is 22.5 Å². The van der Waals surface area contributed by atoms with Gasteiger partial charge in [0.1, 0.15) is 6.07 Å². The van der Waals surface area contributed by atoms with Crippen LogP contribution in [0.25, 0.3) is 10.9 Å². The molecule has 1 fully saturated rings. The highest BCUT2D eigenvalue weighted by Crippen LogP contribution is 2.41. The number of nitrogens with one attached hydrogen (secondary N) is 1. The first kappa shape index (κ1) is 12.3. The standard InChI is InChI=1S/C16H12N4S/c17-7-11-8-18-13-4-2-1-3-12(13)15(11)20-16-19-14(9-21-16)10-5-6-10/h1-4,8-10H,5-6H2,(H,18,19,20). The molecule has 1 aliphatic rings. The molecule has 3 aromatic rings. The van der Waals surface area contributed by atoms with Crippen molar-refractivity contribution in [3.8, 4) is 6.07 Å². The Balaban J connectivity index is 1.78. The van der Waals surface area contributed by atoms with Gasteiger partial charge in [0.25, 0.3) is 0 Å². The maximum atomic E-state index is 9.31. The molecular weight excluding hydrogens is 280 g/mol. The van der Waals surface area contributed by atoms with Crippen molar-refractivity contribution >= 4 is 33.1 Å². The van der Waals surface area contributed by atoms with Crippen LogP contribution in [0.15, 0.2) is 35.8 Å². The summed E-state index contributed by atoms with van der Waals surface area (Å²) in [5, 5.41) is 16.5. The fourth-order valence-corrected chi connectivity index (χ4v) is 3.17. The van der Waals surface area contributed by atoms with Crippen molar-refractivity contribution in [2.75, 3.05) is 5.32 Å². The van der Waals surface area contributed by atoms with Gasteiger partial charge in [0, 0.05) is 22.9 Å². The average molecular weight is 292 g/mol. The molecule has 1 N–H and O–H groups in total. The number of nitriles is 1. The molecule has 0 atom stereocenters. The van der Waals surface area contributed by atoms with Crippen LogP contribution in [0.4, 0.5) is 10.8 Å². The molecule has 4 nitrogen and oxygen atoms in total. The Kier molecular flexibility index (Phi) is 2.83. The minimum Gasteiger partial charge on any atom is -0.330 e. The monoisotopic (exact) mass is 292 g/mol. The van der Waals surface area contributed by atoms with Gasteiger partial charge in [-0.15, -0.1) is 11.3 Å². The number of benzene rings is 1. The van der Waals surface area contributed by atoms with E-state index in [1.165, 1.54) is 18.5 Å². The summed E-state index contributed by atoms with van der Waals surface area (Å²) in [6.45, 7) is 0. The molecule has 5 heteroatoms. The third kappa shape index (κ3) is 2.24. The first-order chi connectivity index (χ1) is 10.3. The molecule has 0 bridgehead atoms.